The number of aliphatic carboxylic acids is 1. The van der Waals surface area contributed by atoms with E-state index in [0.29, 0.717) is 17.8 Å². The van der Waals surface area contributed by atoms with Crippen LogP contribution in [0.5, 0.6) is 0 Å². The van der Waals surface area contributed by atoms with Crippen molar-refractivity contribution in [3.8, 4) is 22.4 Å². The largest absolute Gasteiger partial charge is 2.00 e. The Hall–Kier alpha value is -3.13. The maximum atomic E-state index is 14.0. The standard InChI is InChI=1S/C33H35FN2O5.Ca.3H2O/c1-21(2)31-30(35-33(41)24-11-7-4-8-12-24)29(22-9-5-3-6-10-22)32(23-13-15-25(34)16-14-23)36(31)18-17-26(37)19-27(38)20-28(39)40;;;;/h3-16,21,26-27,37-38H,17-20H2,1-2H3,(H,35,41)(H,39,40);;3*1H2/q;+2;;;/p-1/t26-,27-;;;;/m1..../s1. The molecule has 1 heterocycles. The number of aliphatic hydroxyl groups excluding tert-OH is 2. The molecule has 0 bridgehead atoms. The van der Waals surface area contributed by atoms with Gasteiger partial charge in [0.1, 0.15) is 5.82 Å². The van der Waals surface area contributed by atoms with Gasteiger partial charge in [0, 0.05) is 35.8 Å². The van der Waals surface area contributed by atoms with Gasteiger partial charge >= 0.3 is 37.7 Å². The Bertz CT molecular complexity index is 1480. The summed E-state index contributed by atoms with van der Waals surface area (Å²) in [5, 5.41) is 34.7. The van der Waals surface area contributed by atoms with E-state index in [2.05, 4.69) is 5.32 Å². The molecule has 0 aliphatic carbocycles. The maximum absolute atomic E-state index is 14.0. The van der Waals surface area contributed by atoms with Crippen molar-refractivity contribution in [3.63, 3.8) is 0 Å². The van der Waals surface area contributed by atoms with Crippen molar-refractivity contribution in [2.45, 2.75) is 57.8 Å². The molecule has 0 aliphatic rings. The third-order valence-electron chi connectivity index (χ3n) is 6.94. The molecule has 1 amide bonds. The second-order valence-electron chi connectivity index (χ2n) is 10.4. The Morgan fingerprint density at radius 2 is 1.40 bits per heavy atom. The van der Waals surface area contributed by atoms with Crippen LogP contribution in [0.1, 0.15) is 55.1 Å². The summed E-state index contributed by atoms with van der Waals surface area (Å²) in [4.78, 5) is 24.3. The number of aromatic nitrogens is 1. The number of nitrogens with zero attached hydrogens (tertiary/aromatic N) is 1. The van der Waals surface area contributed by atoms with Gasteiger partial charge in [-0.2, -0.15) is 0 Å². The van der Waals surface area contributed by atoms with Gasteiger partial charge in [-0.25, -0.2) is 4.39 Å². The van der Waals surface area contributed by atoms with Crippen molar-refractivity contribution in [3.05, 3.63) is 102 Å². The number of hydrogen-bond acceptors (Lipinski definition) is 5. The first-order valence-electron chi connectivity index (χ1n) is 13.7. The minimum Gasteiger partial charge on any atom is -0.550 e. The number of halogens is 1. The van der Waals surface area contributed by atoms with Crippen LogP contribution in [0, 0.1) is 5.82 Å². The van der Waals surface area contributed by atoms with E-state index in [1.807, 2.05) is 54.8 Å². The molecule has 0 radical (unpaired) electrons. The normalized spacial score (nSPS) is 11.6. The molecular formula is C33H40CaFN2O8+. The summed E-state index contributed by atoms with van der Waals surface area (Å²) in [5.74, 6) is -2.12. The minimum absolute atomic E-state index is 0. The molecule has 3 aromatic carbocycles. The van der Waals surface area contributed by atoms with Crippen LogP contribution >= 0.6 is 0 Å². The third kappa shape index (κ3) is 10.7. The zero-order valence-electron chi connectivity index (χ0n) is 25.3. The summed E-state index contributed by atoms with van der Waals surface area (Å²) in [6.07, 6.45) is -2.71. The maximum Gasteiger partial charge on any atom is 2.00 e. The molecule has 4 rings (SSSR count). The molecule has 10 nitrogen and oxygen atoms in total. The van der Waals surface area contributed by atoms with E-state index in [1.54, 1.807) is 36.4 Å². The first-order valence-corrected chi connectivity index (χ1v) is 13.7. The van der Waals surface area contributed by atoms with Gasteiger partial charge in [0.25, 0.3) is 5.91 Å². The average molecular weight is 652 g/mol. The summed E-state index contributed by atoms with van der Waals surface area (Å²) < 4.78 is 16.0. The third-order valence-corrected chi connectivity index (χ3v) is 6.94. The van der Waals surface area contributed by atoms with E-state index in [-0.39, 0.29) is 84.7 Å². The molecule has 0 spiro atoms. The topological polar surface area (TPSA) is 209 Å². The van der Waals surface area contributed by atoms with E-state index in [0.717, 1.165) is 28.1 Å². The van der Waals surface area contributed by atoms with Gasteiger partial charge in [-0.3, -0.25) is 4.79 Å². The Morgan fingerprint density at radius 1 is 0.844 bits per heavy atom. The molecule has 0 saturated carbocycles. The summed E-state index contributed by atoms with van der Waals surface area (Å²) in [5.41, 5.74) is 5.00. The van der Waals surface area contributed by atoms with Crippen molar-refractivity contribution in [2.75, 3.05) is 5.32 Å². The van der Waals surface area contributed by atoms with Gasteiger partial charge in [-0.15, -0.1) is 0 Å². The van der Waals surface area contributed by atoms with Crippen molar-refractivity contribution in [1.29, 1.82) is 0 Å². The van der Waals surface area contributed by atoms with Crippen molar-refractivity contribution in [1.82, 2.24) is 4.57 Å². The molecule has 0 unspecified atom stereocenters. The molecule has 0 aliphatic heterocycles. The number of amides is 1. The Labute approximate surface area is 291 Å². The van der Waals surface area contributed by atoms with Gasteiger partial charge in [-0.1, -0.05) is 62.4 Å². The molecule has 238 valence electrons. The fourth-order valence-electron chi connectivity index (χ4n) is 5.15. The van der Waals surface area contributed by atoms with E-state index < -0.39 is 24.6 Å². The van der Waals surface area contributed by atoms with Crippen LogP contribution < -0.4 is 10.4 Å². The zero-order chi connectivity index (χ0) is 29.5. The Kier molecular flexibility index (Phi) is 18.0. The molecule has 4 aromatic rings. The number of carbonyl (C=O) groups excluding carboxylic acids is 2. The van der Waals surface area contributed by atoms with Crippen molar-refractivity contribution >= 4 is 55.3 Å². The SMILES string of the molecule is CC(C)c1c(NC(=O)c2ccccc2)c(-c2ccccc2)c(-c2ccc(F)cc2)n1CC[C@@H](O)C[C@@H](O)CC(=O)[O-].O.O.O.[Ca+2]. The quantitative estimate of drug-likeness (QED) is 0.196. The number of carboxylic acid groups (broad SMARTS) is 1. The summed E-state index contributed by atoms with van der Waals surface area (Å²) in [6.45, 7) is 4.31. The number of hydrogen-bond donors (Lipinski definition) is 3. The first kappa shape index (κ1) is 41.9. The minimum atomic E-state index is -1.39. The molecule has 12 heteroatoms. The second-order valence-corrected chi connectivity index (χ2v) is 10.4. The fraction of sp³-hybridized carbons (Fsp3) is 0.273. The molecular weight excluding hydrogens is 611 g/mol. The van der Waals surface area contributed by atoms with Crippen molar-refractivity contribution < 1.29 is 45.7 Å². The summed E-state index contributed by atoms with van der Waals surface area (Å²) in [7, 11) is 0. The predicted octanol–water partition coefficient (Wildman–Crippen LogP) is 2.12. The number of aliphatic hydroxyl groups is 2. The van der Waals surface area contributed by atoms with Crippen LogP contribution in [-0.2, 0) is 11.3 Å². The summed E-state index contributed by atoms with van der Waals surface area (Å²) in [6, 6.07) is 24.6. The van der Waals surface area contributed by atoms with E-state index in [4.69, 9.17) is 0 Å². The van der Waals surface area contributed by atoms with Gasteiger partial charge in [-0.05, 0) is 66.3 Å². The smallest absolute Gasteiger partial charge is 0.550 e. The monoisotopic (exact) mass is 651 g/mol. The Morgan fingerprint density at radius 3 is 1.93 bits per heavy atom. The van der Waals surface area contributed by atoms with Crippen LogP contribution in [-0.4, -0.2) is 93.0 Å². The number of carboxylic acids is 1. The number of nitrogens with one attached hydrogen (secondary N) is 1. The Balaban J connectivity index is 0.00000484. The van der Waals surface area contributed by atoms with Gasteiger partial charge in [0.05, 0.1) is 23.6 Å². The van der Waals surface area contributed by atoms with Gasteiger partial charge < -0.3 is 46.4 Å². The molecule has 0 saturated heterocycles. The van der Waals surface area contributed by atoms with Gasteiger partial charge in [0.15, 0.2) is 0 Å². The molecule has 45 heavy (non-hydrogen) atoms. The predicted molar refractivity (Wildman–Crippen MR) is 171 cm³/mol. The van der Waals surface area contributed by atoms with E-state index in [9.17, 15) is 29.3 Å². The molecule has 0 fully saturated rings. The molecule has 9 N–H and O–H groups in total. The number of anilines is 1. The van der Waals surface area contributed by atoms with E-state index >= 15 is 0 Å². The number of rotatable bonds is 12. The van der Waals surface area contributed by atoms with Crippen LogP contribution in [0.4, 0.5) is 10.1 Å². The van der Waals surface area contributed by atoms with Crippen LogP contribution in [0.2, 0.25) is 0 Å². The average Bonchev–Trinajstić information content (AvgIpc) is 3.26. The second kappa shape index (κ2) is 19.4. The van der Waals surface area contributed by atoms with Crippen LogP contribution in [0.15, 0.2) is 84.9 Å². The van der Waals surface area contributed by atoms with Gasteiger partial charge in [0.2, 0.25) is 0 Å². The number of carbonyl (C=O) groups is 2. The zero-order valence-corrected chi connectivity index (χ0v) is 27.5. The molecule has 2 atom stereocenters. The molecule has 1 aromatic heterocycles. The van der Waals surface area contributed by atoms with Crippen LogP contribution in [0.25, 0.3) is 22.4 Å². The first-order chi connectivity index (χ1) is 19.7. The number of benzene rings is 3. The fourth-order valence-corrected chi connectivity index (χ4v) is 5.15. The summed E-state index contributed by atoms with van der Waals surface area (Å²) >= 11 is 0. The van der Waals surface area contributed by atoms with E-state index in [1.165, 1.54) is 12.1 Å². The van der Waals surface area contributed by atoms with Crippen molar-refractivity contribution in [2.24, 2.45) is 0 Å². The van der Waals surface area contributed by atoms with Crippen LogP contribution in [0.3, 0.4) is 0 Å².